The van der Waals surface area contributed by atoms with Gasteiger partial charge in [0.25, 0.3) is 5.91 Å². The Hall–Kier alpha value is -3.31. The van der Waals surface area contributed by atoms with Crippen LogP contribution in [-0.2, 0) is 5.41 Å². The zero-order valence-electron chi connectivity index (χ0n) is 18.5. The Morgan fingerprint density at radius 2 is 1.81 bits per heavy atom. The molecule has 0 bridgehead atoms. The first-order valence-corrected chi connectivity index (χ1v) is 10.9. The third kappa shape index (κ3) is 4.63. The summed E-state index contributed by atoms with van der Waals surface area (Å²) in [5.74, 6) is 0.710. The summed E-state index contributed by atoms with van der Waals surface area (Å²) in [4.78, 5) is 17.4. The highest BCUT2D eigenvalue weighted by Crippen LogP contribution is 2.30. The van der Waals surface area contributed by atoms with E-state index < -0.39 is 0 Å². The second kappa shape index (κ2) is 8.67. The lowest BCUT2D eigenvalue weighted by molar-refractivity contribution is 0.102. The van der Waals surface area contributed by atoms with E-state index in [1.807, 2.05) is 25.1 Å². The molecule has 3 aromatic carbocycles. The van der Waals surface area contributed by atoms with Gasteiger partial charge in [0.15, 0.2) is 5.58 Å². The van der Waals surface area contributed by atoms with Gasteiger partial charge >= 0.3 is 0 Å². The van der Waals surface area contributed by atoms with Crippen LogP contribution in [0, 0.1) is 0 Å². The summed E-state index contributed by atoms with van der Waals surface area (Å²) in [7, 11) is 0. The van der Waals surface area contributed by atoms with E-state index in [1.165, 1.54) is 5.56 Å². The highest BCUT2D eigenvalue weighted by atomic mass is 35.5. The van der Waals surface area contributed by atoms with Gasteiger partial charge in [-0.1, -0.05) is 44.5 Å². The number of halogens is 1. The molecule has 0 spiro atoms. The average molecular weight is 449 g/mol. The number of nitrogens with zero attached hydrogens (tertiary/aromatic N) is 1. The topological polar surface area (TPSA) is 64.4 Å². The first kappa shape index (κ1) is 21.9. The number of anilines is 1. The van der Waals surface area contributed by atoms with Crippen molar-refractivity contribution in [2.45, 2.75) is 33.1 Å². The molecule has 1 N–H and O–H groups in total. The Kier molecular flexibility index (Phi) is 5.94. The Morgan fingerprint density at radius 1 is 1.06 bits per heavy atom. The van der Waals surface area contributed by atoms with Crippen molar-refractivity contribution < 1.29 is 13.9 Å². The molecule has 4 aromatic rings. The molecule has 1 amide bonds. The van der Waals surface area contributed by atoms with E-state index in [0.717, 1.165) is 11.1 Å². The Labute approximate surface area is 192 Å². The van der Waals surface area contributed by atoms with Crippen molar-refractivity contribution in [3.05, 3.63) is 76.8 Å². The number of aromatic nitrogens is 1. The van der Waals surface area contributed by atoms with Gasteiger partial charge in [-0.15, -0.1) is 0 Å². The highest BCUT2D eigenvalue weighted by Gasteiger charge is 2.16. The van der Waals surface area contributed by atoms with E-state index in [1.54, 1.807) is 30.3 Å². The first-order valence-electron chi connectivity index (χ1n) is 10.5. The SMILES string of the molecule is CCOc1ccc(Cl)cc1C(=O)Nc1ccc2nc(-c3ccc(C(C)(C)C)cc3)oc2c1. The highest BCUT2D eigenvalue weighted by molar-refractivity contribution is 6.31. The van der Waals surface area contributed by atoms with Crippen molar-refractivity contribution >= 4 is 34.3 Å². The molecule has 0 fully saturated rings. The fourth-order valence-electron chi connectivity index (χ4n) is 3.40. The van der Waals surface area contributed by atoms with E-state index in [-0.39, 0.29) is 11.3 Å². The van der Waals surface area contributed by atoms with E-state index in [2.05, 4.69) is 43.2 Å². The van der Waals surface area contributed by atoms with Gasteiger partial charge in [-0.2, -0.15) is 0 Å². The van der Waals surface area contributed by atoms with Crippen LogP contribution in [0.25, 0.3) is 22.6 Å². The molecule has 1 heterocycles. The number of hydrogen-bond donors (Lipinski definition) is 1. The van der Waals surface area contributed by atoms with E-state index in [0.29, 0.717) is 40.1 Å². The summed E-state index contributed by atoms with van der Waals surface area (Å²) >= 11 is 6.08. The van der Waals surface area contributed by atoms with Gasteiger partial charge < -0.3 is 14.5 Å². The fourth-order valence-corrected chi connectivity index (χ4v) is 3.57. The van der Waals surface area contributed by atoms with Crippen molar-refractivity contribution in [3.63, 3.8) is 0 Å². The Balaban J connectivity index is 1.59. The predicted molar refractivity (Wildman–Crippen MR) is 129 cm³/mol. The van der Waals surface area contributed by atoms with Crippen molar-refractivity contribution in [1.82, 2.24) is 4.98 Å². The van der Waals surface area contributed by atoms with Gasteiger partial charge in [-0.05, 0) is 60.4 Å². The van der Waals surface area contributed by atoms with E-state index >= 15 is 0 Å². The van der Waals surface area contributed by atoms with Crippen LogP contribution in [0.4, 0.5) is 5.69 Å². The average Bonchev–Trinajstić information content (AvgIpc) is 3.18. The number of benzene rings is 3. The summed E-state index contributed by atoms with van der Waals surface area (Å²) in [5.41, 5.74) is 4.50. The van der Waals surface area contributed by atoms with Crippen molar-refractivity contribution in [2.24, 2.45) is 0 Å². The molecule has 0 aliphatic carbocycles. The molecular formula is C26H25ClN2O3. The number of carbonyl (C=O) groups excluding carboxylic acids is 1. The summed E-state index contributed by atoms with van der Waals surface area (Å²) in [6.45, 7) is 8.85. The molecule has 32 heavy (non-hydrogen) atoms. The van der Waals surface area contributed by atoms with Crippen LogP contribution in [0.15, 0.2) is 65.1 Å². The third-order valence-electron chi connectivity index (χ3n) is 5.13. The minimum absolute atomic E-state index is 0.0813. The smallest absolute Gasteiger partial charge is 0.259 e. The molecule has 5 nitrogen and oxygen atoms in total. The molecule has 1 aromatic heterocycles. The minimum atomic E-state index is -0.312. The largest absolute Gasteiger partial charge is 0.493 e. The summed E-state index contributed by atoms with van der Waals surface area (Å²) < 4.78 is 11.5. The number of fused-ring (bicyclic) bond motifs is 1. The molecule has 4 rings (SSSR count). The Morgan fingerprint density at radius 3 is 2.50 bits per heavy atom. The van der Waals surface area contributed by atoms with E-state index in [4.69, 9.17) is 20.8 Å². The number of nitrogens with one attached hydrogen (secondary N) is 1. The molecule has 0 radical (unpaired) electrons. The van der Waals surface area contributed by atoms with Crippen LogP contribution in [-0.4, -0.2) is 17.5 Å². The van der Waals surface area contributed by atoms with Gasteiger partial charge in [0.05, 0.1) is 12.2 Å². The van der Waals surface area contributed by atoms with Crippen LogP contribution in [0.1, 0.15) is 43.6 Å². The van der Waals surface area contributed by atoms with E-state index in [9.17, 15) is 4.79 Å². The predicted octanol–water partition coefficient (Wildman–Crippen LogP) is 7.10. The van der Waals surface area contributed by atoms with Gasteiger partial charge in [0.1, 0.15) is 11.3 Å². The molecule has 0 saturated carbocycles. The second-order valence-electron chi connectivity index (χ2n) is 8.56. The molecule has 6 heteroatoms. The second-order valence-corrected chi connectivity index (χ2v) is 8.99. The normalized spacial score (nSPS) is 11.5. The maximum Gasteiger partial charge on any atom is 0.259 e. The van der Waals surface area contributed by atoms with Crippen molar-refractivity contribution in [2.75, 3.05) is 11.9 Å². The van der Waals surface area contributed by atoms with Crippen molar-refractivity contribution in [3.8, 4) is 17.2 Å². The minimum Gasteiger partial charge on any atom is -0.493 e. The van der Waals surface area contributed by atoms with Gasteiger partial charge in [-0.25, -0.2) is 4.98 Å². The van der Waals surface area contributed by atoms with Crippen LogP contribution in [0.3, 0.4) is 0 Å². The quantitative estimate of drug-likeness (QED) is 0.353. The lowest BCUT2D eigenvalue weighted by Crippen LogP contribution is -2.13. The van der Waals surface area contributed by atoms with Gasteiger partial charge in [0.2, 0.25) is 5.89 Å². The summed E-state index contributed by atoms with van der Waals surface area (Å²) in [6.07, 6.45) is 0. The van der Waals surface area contributed by atoms with Crippen LogP contribution < -0.4 is 10.1 Å². The number of rotatable bonds is 5. The lowest BCUT2D eigenvalue weighted by Gasteiger charge is -2.18. The Bertz CT molecular complexity index is 1270. The standard InChI is InChI=1S/C26H25ClN2O3/c1-5-31-22-13-10-18(27)14-20(22)24(30)28-19-11-12-21-23(15-19)32-25(29-21)16-6-8-17(9-7-16)26(2,3)4/h6-15H,5H2,1-4H3,(H,28,30). The number of carbonyl (C=O) groups is 1. The van der Waals surface area contributed by atoms with Gasteiger partial charge in [-0.3, -0.25) is 4.79 Å². The molecule has 0 aliphatic heterocycles. The molecule has 0 saturated heterocycles. The number of ether oxygens (including phenoxy) is 1. The van der Waals surface area contributed by atoms with Crippen LogP contribution in [0.2, 0.25) is 5.02 Å². The summed E-state index contributed by atoms with van der Waals surface area (Å²) in [5, 5.41) is 3.35. The zero-order valence-corrected chi connectivity index (χ0v) is 19.3. The van der Waals surface area contributed by atoms with Crippen LogP contribution >= 0.6 is 11.6 Å². The lowest BCUT2D eigenvalue weighted by atomic mass is 9.87. The third-order valence-corrected chi connectivity index (χ3v) is 5.37. The zero-order chi connectivity index (χ0) is 22.9. The van der Waals surface area contributed by atoms with Gasteiger partial charge in [0, 0.05) is 22.3 Å². The van der Waals surface area contributed by atoms with Crippen LogP contribution in [0.5, 0.6) is 5.75 Å². The monoisotopic (exact) mass is 448 g/mol. The molecule has 0 atom stereocenters. The maximum absolute atomic E-state index is 12.8. The summed E-state index contributed by atoms with van der Waals surface area (Å²) in [6, 6.07) is 18.6. The first-order chi connectivity index (χ1) is 15.2. The van der Waals surface area contributed by atoms with Crippen molar-refractivity contribution in [1.29, 1.82) is 0 Å². The molecule has 0 unspecified atom stereocenters. The fraction of sp³-hybridized carbons (Fsp3) is 0.231. The maximum atomic E-state index is 12.8. The number of amides is 1. The number of hydrogen-bond acceptors (Lipinski definition) is 4. The molecule has 0 aliphatic rings. The molecule has 164 valence electrons. The molecular weight excluding hydrogens is 424 g/mol. The number of oxazole rings is 1.